The van der Waals surface area contributed by atoms with Crippen molar-refractivity contribution in [1.82, 2.24) is 9.55 Å². The molecular weight excluding hydrogens is 373 g/mol. The van der Waals surface area contributed by atoms with Crippen LogP contribution in [0.2, 0.25) is 0 Å². The molecule has 0 aliphatic heterocycles. The summed E-state index contributed by atoms with van der Waals surface area (Å²) in [5.74, 6) is 0.0718. The normalized spacial score (nSPS) is 11.6. The standard InChI is InChI=1S/C19H25F3N4O2/c1-3-5-11-26-16(23)15(17(27)24-18(26)28)25(10-4-2)12-13-6-8-14(9-7-13)19(20,21)22/h6-9H,3-5,10-12,23H2,1-2H3,(H,24,27,28). The molecular formula is C19H25F3N4O2. The molecule has 0 unspecified atom stereocenters. The third kappa shape index (κ3) is 4.96. The van der Waals surface area contributed by atoms with Gasteiger partial charge in [0.15, 0.2) is 0 Å². The summed E-state index contributed by atoms with van der Waals surface area (Å²) in [4.78, 5) is 28.5. The lowest BCUT2D eigenvalue weighted by Gasteiger charge is -2.26. The molecule has 28 heavy (non-hydrogen) atoms. The number of rotatable bonds is 8. The number of benzene rings is 1. The molecule has 154 valence electrons. The van der Waals surface area contributed by atoms with Crippen LogP contribution in [0.1, 0.15) is 44.2 Å². The van der Waals surface area contributed by atoms with E-state index >= 15 is 0 Å². The van der Waals surface area contributed by atoms with Gasteiger partial charge in [0.05, 0.1) is 5.56 Å². The van der Waals surface area contributed by atoms with Crippen molar-refractivity contribution >= 4 is 11.5 Å². The van der Waals surface area contributed by atoms with Gasteiger partial charge >= 0.3 is 11.9 Å². The van der Waals surface area contributed by atoms with Gasteiger partial charge in [0, 0.05) is 19.6 Å². The molecule has 0 fully saturated rings. The number of hydrogen-bond acceptors (Lipinski definition) is 4. The summed E-state index contributed by atoms with van der Waals surface area (Å²) in [5.41, 5.74) is 5.01. The Balaban J connectivity index is 2.41. The van der Waals surface area contributed by atoms with Gasteiger partial charge in [-0.25, -0.2) is 4.79 Å². The number of nitrogens with one attached hydrogen (secondary N) is 1. The number of unbranched alkanes of at least 4 members (excludes halogenated alkanes) is 1. The van der Waals surface area contributed by atoms with Crippen molar-refractivity contribution in [3.05, 3.63) is 56.2 Å². The molecule has 2 rings (SSSR count). The number of H-pyrrole nitrogens is 1. The van der Waals surface area contributed by atoms with E-state index in [9.17, 15) is 22.8 Å². The van der Waals surface area contributed by atoms with Crippen LogP contribution in [0, 0.1) is 0 Å². The Morgan fingerprint density at radius 2 is 1.75 bits per heavy atom. The number of aromatic amines is 1. The molecule has 2 aromatic rings. The van der Waals surface area contributed by atoms with Gasteiger partial charge < -0.3 is 10.6 Å². The maximum atomic E-state index is 12.8. The molecule has 1 heterocycles. The van der Waals surface area contributed by atoms with Gasteiger partial charge in [-0.2, -0.15) is 13.2 Å². The smallest absolute Gasteiger partial charge is 0.383 e. The fourth-order valence-corrected chi connectivity index (χ4v) is 2.98. The first-order valence-corrected chi connectivity index (χ1v) is 9.22. The molecule has 1 aromatic carbocycles. The minimum Gasteiger partial charge on any atom is -0.383 e. The summed E-state index contributed by atoms with van der Waals surface area (Å²) in [6.07, 6.45) is -2.14. The minimum absolute atomic E-state index is 0.0718. The van der Waals surface area contributed by atoms with Crippen molar-refractivity contribution in [3.63, 3.8) is 0 Å². The van der Waals surface area contributed by atoms with E-state index in [4.69, 9.17) is 5.73 Å². The zero-order valence-corrected chi connectivity index (χ0v) is 16.0. The molecule has 0 aliphatic carbocycles. The van der Waals surface area contributed by atoms with E-state index in [1.54, 1.807) is 4.90 Å². The summed E-state index contributed by atoms with van der Waals surface area (Å²) in [6.45, 7) is 4.93. The average Bonchev–Trinajstić information content (AvgIpc) is 2.61. The molecule has 0 saturated heterocycles. The van der Waals surface area contributed by atoms with Crippen molar-refractivity contribution in [2.75, 3.05) is 17.2 Å². The lowest BCUT2D eigenvalue weighted by atomic mass is 10.1. The maximum Gasteiger partial charge on any atom is 0.416 e. The lowest BCUT2D eigenvalue weighted by Crippen LogP contribution is -2.38. The second-order valence-corrected chi connectivity index (χ2v) is 6.61. The van der Waals surface area contributed by atoms with Crippen LogP contribution in [-0.2, 0) is 19.3 Å². The van der Waals surface area contributed by atoms with Crippen LogP contribution >= 0.6 is 0 Å². The highest BCUT2D eigenvalue weighted by Crippen LogP contribution is 2.29. The number of halogens is 3. The Morgan fingerprint density at radius 1 is 1.11 bits per heavy atom. The average molecular weight is 398 g/mol. The monoisotopic (exact) mass is 398 g/mol. The number of anilines is 2. The Bertz CT molecular complexity index is 901. The van der Waals surface area contributed by atoms with E-state index in [2.05, 4.69) is 4.98 Å². The van der Waals surface area contributed by atoms with Gasteiger partial charge in [-0.05, 0) is 30.5 Å². The predicted molar refractivity (Wildman–Crippen MR) is 103 cm³/mol. The van der Waals surface area contributed by atoms with Gasteiger partial charge in [0.1, 0.15) is 11.5 Å². The van der Waals surface area contributed by atoms with Gasteiger partial charge in [-0.3, -0.25) is 14.3 Å². The van der Waals surface area contributed by atoms with E-state index in [0.717, 1.165) is 25.0 Å². The highest BCUT2D eigenvalue weighted by molar-refractivity contribution is 5.62. The molecule has 0 spiro atoms. The Kier molecular flexibility index (Phi) is 6.93. The van der Waals surface area contributed by atoms with E-state index in [1.165, 1.54) is 16.7 Å². The second-order valence-electron chi connectivity index (χ2n) is 6.61. The predicted octanol–water partition coefficient (Wildman–Crippen LogP) is 3.35. The highest BCUT2D eigenvalue weighted by Gasteiger charge is 2.30. The van der Waals surface area contributed by atoms with Crippen LogP contribution in [0.3, 0.4) is 0 Å². The quantitative estimate of drug-likeness (QED) is 0.714. The van der Waals surface area contributed by atoms with Crippen molar-refractivity contribution in [2.24, 2.45) is 0 Å². The molecule has 0 bridgehead atoms. The number of hydrogen-bond donors (Lipinski definition) is 2. The fraction of sp³-hybridized carbons (Fsp3) is 0.474. The topological polar surface area (TPSA) is 84.1 Å². The number of aromatic nitrogens is 2. The first-order chi connectivity index (χ1) is 13.2. The van der Waals surface area contributed by atoms with E-state index in [1.807, 2.05) is 13.8 Å². The summed E-state index contributed by atoms with van der Waals surface area (Å²) in [6, 6.07) is 4.77. The van der Waals surface area contributed by atoms with Crippen molar-refractivity contribution < 1.29 is 13.2 Å². The summed E-state index contributed by atoms with van der Waals surface area (Å²) >= 11 is 0. The van der Waals surface area contributed by atoms with Crippen LogP contribution in [0.15, 0.2) is 33.9 Å². The van der Waals surface area contributed by atoms with E-state index < -0.39 is 23.0 Å². The molecule has 3 N–H and O–H groups in total. The largest absolute Gasteiger partial charge is 0.416 e. The summed E-state index contributed by atoms with van der Waals surface area (Å²) in [5, 5.41) is 0. The minimum atomic E-state index is -4.40. The molecule has 1 aromatic heterocycles. The zero-order valence-electron chi connectivity index (χ0n) is 16.0. The molecule has 0 amide bonds. The van der Waals surface area contributed by atoms with Crippen molar-refractivity contribution in [3.8, 4) is 0 Å². The maximum absolute atomic E-state index is 12.8. The number of alkyl halides is 3. The number of nitrogen functional groups attached to an aromatic ring is 1. The molecule has 6 nitrogen and oxygen atoms in total. The molecule has 0 aliphatic rings. The van der Waals surface area contributed by atoms with Crippen LogP contribution in [0.25, 0.3) is 0 Å². The Labute approximate surface area is 160 Å². The zero-order chi connectivity index (χ0) is 20.9. The molecule has 9 heteroatoms. The molecule has 0 radical (unpaired) electrons. The summed E-state index contributed by atoms with van der Waals surface area (Å²) < 4.78 is 39.6. The van der Waals surface area contributed by atoms with Crippen molar-refractivity contribution in [1.29, 1.82) is 0 Å². The highest BCUT2D eigenvalue weighted by atomic mass is 19.4. The van der Waals surface area contributed by atoms with Crippen molar-refractivity contribution in [2.45, 2.75) is 52.4 Å². The number of nitrogens with two attached hydrogens (primary N) is 1. The molecule has 0 atom stereocenters. The van der Waals surface area contributed by atoms with Crippen LogP contribution in [0.5, 0.6) is 0 Å². The molecule has 0 saturated carbocycles. The van der Waals surface area contributed by atoms with Crippen LogP contribution in [0.4, 0.5) is 24.7 Å². The van der Waals surface area contributed by atoms with Gasteiger partial charge in [-0.15, -0.1) is 0 Å². The Morgan fingerprint density at radius 3 is 2.29 bits per heavy atom. The third-order valence-electron chi connectivity index (χ3n) is 4.41. The Hall–Kier alpha value is -2.71. The van der Waals surface area contributed by atoms with E-state index in [-0.39, 0.29) is 18.1 Å². The van der Waals surface area contributed by atoms with Crippen LogP contribution in [-0.4, -0.2) is 16.1 Å². The third-order valence-corrected chi connectivity index (χ3v) is 4.41. The van der Waals surface area contributed by atoms with Gasteiger partial charge in [0.25, 0.3) is 5.56 Å². The fourth-order valence-electron chi connectivity index (χ4n) is 2.98. The summed E-state index contributed by atoms with van der Waals surface area (Å²) in [7, 11) is 0. The van der Waals surface area contributed by atoms with Crippen LogP contribution < -0.4 is 21.9 Å². The van der Waals surface area contributed by atoms with E-state index in [0.29, 0.717) is 25.1 Å². The second kappa shape index (κ2) is 8.99. The SMILES string of the molecule is CCCCn1c(N)c(N(CCC)Cc2ccc(C(F)(F)F)cc2)c(=O)[nH]c1=O. The van der Waals surface area contributed by atoms with Gasteiger partial charge in [0.2, 0.25) is 0 Å². The first-order valence-electron chi connectivity index (χ1n) is 9.22. The van der Waals surface area contributed by atoms with Gasteiger partial charge in [-0.1, -0.05) is 32.4 Å². The lowest BCUT2D eigenvalue weighted by molar-refractivity contribution is -0.137. The number of nitrogens with zero attached hydrogens (tertiary/aromatic N) is 2. The first kappa shape index (κ1) is 21.6.